The van der Waals surface area contributed by atoms with Gasteiger partial charge < -0.3 is 21.3 Å². The molecule has 1 aromatic carbocycles. The molecule has 140 valence electrons. The van der Waals surface area contributed by atoms with Crippen LogP contribution in [0.4, 0.5) is 10.5 Å². The van der Waals surface area contributed by atoms with Crippen LogP contribution >= 0.6 is 12.4 Å². The van der Waals surface area contributed by atoms with Crippen molar-refractivity contribution in [2.24, 2.45) is 11.7 Å². The topological polar surface area (TPSA) is 87.5 Å². The van der Waals surface area contributed by atoms with Crippen LogP contribution in [-0.4, -0.2) is 42.5 Å². The molecule has 1 saturated heterocycles. The number of hydrogen-bond acceptors (Lipinski definition) is 3. The van der Waals surface area contributed by atoms with Crippen LogP contribution in [-0.2, 0) is 11.2 Å². The van der Waals surface area contributed by atoms with Crippen LogP contribution in [0.5, 0.6) is 0 Å². The number of amides is 3. The smallest absolute Gasteiger partial charge is 0.319 e. The first kappa shape index (κ1) is 21.3. The zero-order valence-electron chi connectivity index (χ0n) is 15.0. The highest BCUT2D eigenvalue weighted by Crippen LogP contribution is 2.23. The number of nitrogens with two attached hydrogens (primary N) is 1. The monoisotopic (exact) mass is 368 g/mol. The number of anilines is 1. The number of carbonyl (C=O) groups is 2. The van der Waals surface area contributed by atoms with E-state index in [1.54, 1.807) is 0 Å². The lowest BCUT2D eigenvalue weighted by atomic mass is 10.1. The fourth-order valence-corrected chi connectivity index (χ4v) is 3.06. The van der Waals surface area contributed by atoms with Crippen LogP contribution < -0.4 is 16.4 Å². The van der Waals surface area contributed by atoms with E-state index >= 15 is 0 Å². The van der Waals surface area contributed by atoms with E-state index in [-0.39, 0.29) is 30.4 Å². The van der Waals surface area contributed by atoms with Crippen LogP contribution in [0.1, 0.15) is 32.3 Å². The van der Waals surface area contributed by atoms with Gasteiger partial charge in [0.2, 0.25) is 5.91 Å². The Morgan fingerprint density at radius 1 is 1.28 bits per heavy atom. The third-order valence-electron chi connectivity index (χ3n) is 4.42. The number of rotatable bonds is 6. The first-order chi connectivity index (χ1) is 11.5. The summed E-state index contributed by atoms with van der Waals surface area (Å²) in [5.41, 5.74) is 7.39. The maximum Gasteiger partial charge on any atom is 0.319 e. The van der Waals surface area contributed by atoms with Crippen LogP contribution in [0.15, 0.2) is 24.3 Å². The van der Waals surface area contributed by atoms with Gasteiger partial charge in [0.05, 0.1) is 6.42 Å². The van der Waals surface area contributed by atoms with Gasteiger partial charge in [0.15, 0.2) is 0 Å². The van der Waals surface area contributed by atoms with Crippen LogP contribution in [0.25, 0.3) is 0 Å². The van der Waals surface area contributed by atoms with E-state index in [1.165, 1.54) is 0 Å². The lowest BCUT2D eigenvalue weighted by Gasteiger charge is -2.21. The molecule has 0 saturated carbocycles. The molecule has 0 bridgehead atoms. The van der Waals surface area contributed by atoms with Gasteiger partial charge in [0.25, 0.3) is 0 Å². The lowest BCUT2D eigenvalue weighted by Crippen LogP contribution is -2.35. The summed E-state index contributed by atoms with van der Waals surface area (Å²) in [4.78, 5) is 26.0. The van der Waals surface area contributed by atoms with Gasteiger partial charge in [0, 0.05) is 24.8 Å². The Kier molecular flexibility index (Phi) is 8.72. The summed E-state index contributed by atoms with van der Waals surface area (Å²) in [6.07, 6.45) is 2.26. The molecule has 1 aromatic rings. The third-order valence-corrected chi connectivity index (χ3v) is 4.42. The number of halogens is 1. The van der Waals surface area contributed by atoms with Crippen LogP contribution in [0.2, 0.25) is 0 Å². The number of benzene rings is 1. The van der Waals surface area contributed by atoms with Crippen molar-refractivity contribution in [3.8, 4) is 0 Å². The van der Waals surface area contributed by atoms with E-state index in [1.807, 2.05) is 36.1 Å². The van der Waals surface area contributed by atoms with E-state index in [4.69, 9.17) is 5.73 Å². The van der Waals surface area contributed by atoms with Crippen molar-refractivity contribution >= 4 is 30.0 Å². The Labute approximate surface area is 155 Å². The average Bonchev–Trinajstić information content (AvgIpc) is 2.96. The van der Waals surface area contributed by atoms with E-state index in [0.29, 0.717) is 25.4 Å². The highest BCUT2D eigenvalue weighted by molar-refractivity contribution is 5.89. The van der Waals surface area contributed by atoms with Gasteiger partial charge in [-0.05, 0) is 49.9 Å². The fourth-order valence-electron chi connectivity index (χ4n) is 3.06. The predicted octanol–water partition coefficient (Wildman–Crippen LogP) is 2.38. The number of urea groups is 1. The maximum absolute atomic E-state index is 12.5. The second-order valence-corrected chi connectivity index (χ2v) is 6.49. The molecule has 2 rings (SSSR count). The van der Waals surface area contributed by atoms with Gasteiger partial charge in [-0.3, -0.25) is 4.79 Å². The summed E-state index contributed by atoms with van der Waals surface area (Å²) in [5.74, 6) is 0.553. The summed E-state index contributed by atoms with van der Waals surface area (Å²) in [6.45, 7) is 6.12. The van der Waals surface area contributed by atoms with E-state index in [2.05, 4.69) is 17.6 Å². The minimum atomic E-state index is -0.209. The SMILES string of the molecule is CCCNC(=O)Nc1ccc(CC(=O)N2CC(CN)CC2C)cc1.Cl. The summed E-state index contributed by atoms with van der Waals surface area (Å²) < 4.78 is 0. The van der Waals surface area contributed by atoms with Crippen molar-refractivity contribution in [2.75, 3.05) is 25.0 Å². The van der Waals surface area contributed by atoms with Crippen molar-refractivity contribution in [3.05, 3.63) is 29.8 Å². The molecule has 7 heteroatoms. The molecule has 0 aromatic heterocycles. The minimum Gasteiger partial charge on any atom is -0.339 e. The Bertz CT molecular complexity index is 565. The molecule has 0 aliphatic carbocycles. The zero-order chi connectivity index (χ0) is 17.5. The van der Waals surface area contributed by atoms with Gasteiger partial charge >= 0.3 is 6.03 Å². The van der Waals surface area contributed by atoms with Gasteiger partial charge in [-0.25, -0.2) is 4.79 Å². The predicted molar refractivity (Wildman–Crippen MR) is 103 cm³/mol. The number of hydrogen-bond donors (Lipinski definition) is 3. The second kappa shape index (κ2) is 10.3. The molecular formula is C18H29ClN4O2. The average molecular weight is 369 g/mol. The van der Waals surface area contributed by atoms with E-state index < -0.39 is 0 Å². The third kappa shape index (κ3) is 6.21. The highest BCUT2D eigenvalue weighted by Gasteiger charge is 2.31. The molecule has 6 nitrogen and oxygen atoms in total. The van der Waals surface area contributed by atoms with Crippen LogP contribution in [0.3, 0.4) is 0 Å². The van der Waals surface area contributed by atoms with Crippen molar-refractivity contribution in [1.29, 1.82) is 0 Å². The lowest BCUT2D eigenvalue weighted by molar-refractivity contribution is -0.131. The van der Waals surface area contributed by atoms with Crippen molar-refractivity contribution in [2.45, 2.75) is 39.2 Å². The van der Waals surface area contributed by atoms with E-state index in [0.717, 1.165) is 30.6 Å². The molecule has 2 unspecified atom stereocenters. The number of likely N-dealkylation sites (tertiary alicyclic amines) is 1. The molecule has 4 N–H and O–H groups in total. The molecule has 1 fully saturated rings. The molecule has 25 heavy (non-hydrogen) atoms. The maximum atomic E-state index is 12.5. The van der Waals surface area contributed by atoms with Crippen molar-refractivity contribution in [1.82, 2.24) is 10.2 Å². The first-order valence-corrected chi connectivity index (χ1v) is 8.66. The summed E-state index contributed by atoms with van der Waals surface area (Å²) >= 11 is 0. The molecular weight excluding hydrogens is 340 g/mol. The van der Waals surface area contributed by atoms with Crippen LogP contribution in [0, 0.1) is 5.92 Å². The molecule has 1 aliphatic heterocycles. The molecule has 0 spiro atoms. The molecule has 3 amide bonds. The molecule has 2 atom stereocenters. The minimum absolute atomic E-state index is 0. The zero-order valence-corrected chi connectivity index (χ0v) is 15.8. The van der Waals surface area contributed by atoms with Gasteiger partial charge in [0.1, 0.15) is 0 Å². The normalized spacial score (nSPS) is 19.2. The number of nitrogens with one attached hydrogen (secondary N) is 2. The summed E-state index contributed by atoms with van der Waals surface area (Å²) in [6, 6.07) is 7.46. The fraction of sp³-hybridized carbons (Fsp3) is 0.556. The first-order valence-electron chi connectivity index (χ1n) is 8.66. The van der Waals surface area contributed by atoms with Crippen molar-refractivity contribution in [3.63, 3.8) is 0 Å². The van der Waals surface area contributed by atoms with Gasteiger partial charge in [-0.2, -0.15) is 0 Å². The summed E-state index contributed by atoms with van der Waals surface area (Å²) in [7, 11) is 0. The largest absolute Gasteiger partial charge is 0.339 e. The molecule has 1 heterocycles. The Hall–Kier alpha value is -1.79. The number of carbonyl (C=O) groups excluding carboxylic acids is 2. The summed E-state index contributed by atoms with van der Waals surface area (Å²) in [5, 5.41) is 5.53. The molecule has 1 aliphatic rings. The highest BCUT2D eigenvalue weighted by atomic mass is 35.5. The Morgan fingerprint density at radius 2 is 1.96 bits per heavy atom. The quantitative estimate of drug-likeness (QED) is 0.720. The van der Waals surface area contributed by atoms with Gasteiger partial charge in [-0.15, -0.1) is 12.4 Å². The Balaban J connectivity index is 0.00000312. The standard InChI is InChI=1S/C18H28N4O2.ClH/c1-3-8-20-18(24)21-16-6-4-14(5-7-16)10-17(23)22-12-15(11-19)9-13(22)2;/h4-7,13,15H,3,8-12,19H2,1-2H3,(H2,20,21,24);1H. The van der Waals surface area contributed by atoms with E-state index in [9.17, 15) is 9.59 Å². The van der Waals surface area contributed by atoms with Gasteiger partial charge in [-0.1, -0.05) is 19.1 Å². The second-order valence-electron chi connectivity index (χ2n) is 6.49. The van der Waals surface area contributed by atoms with Crippen molar-refractivity contribution < 1.29 is 9.59 Å². The Morgan fingerprint density at radius 3 is 2.52 bits per heavy atom. The molecule has 0 radical (unpaired) electrons. The number of nitrogens with zero attached hydrogens (tertiary/aromatic N) is 1.